The van der Waals surface area contributed by atoms with Gasteiger partial charge in [-0.3, -0.25) is 14.4 Å². The number of pyridine rings is 1. The quantitative estimate of drug-likeness (QED) is 0.600. The van der Waals surface area contributed by atoms with Gasteiger partial charge in [0.1, 0.15) is 19.0 Å². The molecule has 1 aliphatic heterocycles. The lowest BCUT2D eigenvalue weighted by molar-refractivity contribution is -0.118. The average molecular weight is 398 g/mol. The zero-order chi connectivity index (χ0) is 20.7. The van der Waals surface area contributed by atoms with Crippen molar-refractivity contribution >= 4 is 16.8 Å². The maximum Gasteiger partial charge on any atom is 0.252 e. The minimum absolute atomic E-state index is 0.122. The summed E-state index contributed by atoms with van der Waals surface area (Å²) in [4.78, 5) is 39.2. The molecular weight excluding hydrogens is 380 g/mol. The molecule has 0 saturated carbocycles. The molecular formula is C20H18N2O7. The number of hydrogen-bond acceptors (Lipinski definition) is 7. The van der Waals surface area contributed by atoms with Crippen LogP contribution in [0.25, 0.3) is 10.9 Å². The Kier molecular flexibility index (Phi) is 4.50. The van der Waals surface area contributed by atoms with E-state index in [0.29, 0.717) is 35.6 Å². The molecule has 0 radical (unpaired) electrons. The van der Waals surface area contributed by atoms with E-state index in [9.17, 15) is 19.5 Å². The number of benzene rings is 1. The maximum absolute atomic E-state index is 12.8. The molecule has 29 heavy (non-hydrogen) atoms. The van der Waals surface area contributed by atoms with Gasteiger partial charge in [-0.25, -0.2) is 0 Å². The Morgan fingerprint density at radius 3 is 2.55 bits per heavy atom. The molecule has 150 valence electrons. The molecule has 0 aliphatic carbocycles. The SMILES string of the molecule is Cc1cc(=O)c(O)c([C@@H](CC(N)=O)c2cc3cc4c(cc3[nH]c2=O)OCCO4)o1. The summed E-state index contributed by atoms with van der Waals surface area (Å²) in [6.45, 7) is 2.34. The number of carbonyl (C=O) groups excluding carboxylic acids is 1. The van der Waals surface area contributed by atoms with Crippen molar-refractivity contribution in [2.75, 3.05) is 13.2 Å². The molecule has 4 N–H and O–H groups in total. The van der Waals surface area contributed by atoms with Crippen LogP contribution in [0.5, 0.6) is 17.2 Å². The highest BCUT2D eigenvalue weighted by molar-refractivity contribution is 5.84. The Bertz CT molecular complexity index is 1240. The molecule has 3 aromatic rings. The minimum Gasteiger partial charge on any atom is -0.502 e. The molecule has 3 heterocycles. The van der Waals surface area contributed by atoms with Crippen LogP contribution in [0.15, 0.2) is 38.3 Å². The van der Waals surface area contributed by atoms with Crippen molar-refractivity contribution in [3.05, 3.63) is 61.9 Å². The van der Waals surface area contributed by atoms with Crippen molar-refractivity contribution in [3.63, 3.8) is 0 Å². The van der Waals surface area contributed by atoms with E-state index in [-0.39, 0.29) is 23.5 Å². The van der Waals surface area contributed by atoms with Crippen LogP contribution in [0.2, 0.25) is 0 Å². The van der Waals surface area contributed by atoms with E-state index in [2.05, 4.69) is 4.98 Å². The largest absolute Gasteiger partial charge is 0.502 e. The van der Waals surface area contributed by atoms with E-state index in [1.807, 2.05) is 0 Å². The van der Waals surface area contributed by atoms with E-state index >= 15 is 0 Å². The normalized spacial score (nSPS) is 14.0. The standard InChI is InChI=1S/C20H18N2O7/c1-9-4-14(23)18(25)19(29-9)11(7-17(21)24)12-5-10-6-15-16(28-3-2-27-15)8-13(10)22-20(12)26/h4-6,8,11,25H,2-3,7H2,1H3,(H2,21,24)(H,22,26)/t11-/m0/s1. The number of primary amides is 1. The van der Waals surface area contributed by atoms with Crippen LogP contribution in [0.3, 0.4) is 0 Å². The molecule has 2 aromatic heterocycles. The maximum atomic E-state index is 12.8. The van der Waals surface area contributed by atoms with Gasteiger partial charge in [0, 0.05) is 29.5 Å². The summed E-state index contributed by atoms with van der Waals surface area (Å²) in [6.07, 6.45) is -0.334. The Balaban J connectivity index is 1.93. The second kappa shape index (κ2) is 7.01. The summed E-state index contributed by atoms with van der Waals surface area (Å²) in [6, 6.07) is 6.04. The second-order valence-corrected chi connectivity index (χ2v) is 6.79. The van der Waals surface area contributed by atoms with E-state index in [0.717, 1.165) is 6.07 Å². The molecule has 9 nitrogen and oxygen atoms in total. The topological polar surface area (TPSA) is 145 Å². The number of aromatic amines is 1. The fourth-order valence-corrected chi connectivity index (χ4v) is 3.43. The summed E-state index contributed by atoms with van der Waals surface area (Å²) < 4.78 is 16.6. The van der Waals surface area contributed by atoms with Gasteiger partial charge >= 0.3 is 0 Å². The molecule has 1 aliphatic rings. The number of aromatic hydroxyl groups is 1. The predicted octanol–water partition coefficient (Wildman–Crippen LogP) is 1.27. The van der Waals surface area contributed by atoms with E-state index in [1.165, 1.54) is 6.92 Å². The number of rotatable bonds is 4. The van der Waals surface area contributed by atoms with E-state index in [1.54, 1.807) is 18.2 Å². The minimum atomic E-state index is -1.04. The smallest absolute Gasteiger partial charge is 0.252 e. The van der Waals surface area contributed by atoms with Gasteiger partial charge in [-0.05, 0) is 19.1 Å². The number of carbonyl (C=O) groups is 1. The first-order chi connectivity index (χ1) is 13.8. The molecule has 1 aromatic carbocycles. The zero-order valence-corrected chi connectivity index (χ0v) is 15.5. The number of nitrogens with one attached hydrogen (secondary N) is 1. The highest BCUT2D eigenvalue weighted by Gasteiger charge is 2.28. The number of H-pyrrole nitrogens is 1. The van der Waals surface area contributed by atoms with Crippen LogP contribution < -0.4 is 26.2 Å². The van der Waals surface area contributed by atoms with Crippen LogP contribution in [-0.4, -0.2) is 29.2 Å². The van der Waals surface area contributed by atoms with Crippen molar-refractivity contribution in [1.82, 2.24) is 4.98 Å². The third-order valence-electron chi connectivity index (χ3n) is 4.71. The Hall–Kier alpha value is -3.75. The van der Waals surface area contributed by atoms with Gasteiger partial charge in [-0.1, -0.05) is 0 Å². The van der Waals surface area contributed by atoms with Crippen molar-refractivity contribution < 1.29 is 23.8 Å². The van der Waals surface area contributed by atoms with Crippen LogP contribution >= 0.6 is 0 Å². The molecule has 1 atom stereocenters. The first-order valence-corrected chi connectivity index (χ1v) is 8.92. The number of hydrogen-bond donors (Lipinski definition) is 3. The van der Waals surface area contributed by atoms with E-state index in [4.69, 9.17) is 19.6 Å². The Labute approximate surface area is 163 Å². The number of aromatic nitrogens is 1. The molecule has 0 bridgehead atoms. The number of ether oxygens (including phenoxy) is 2. The number of amides is 1. The molecule has 9 heteroatoms. The van der Waals surface area contributed by atoms with Crippen LogP contribution in [-0.2, 0) is 4.79 Å². The monoisotopic (exact) mass is 398 g/mol. The number of nitrogens with two attached hydrogens (primary N) is 1. The van der Waals surface area contributed by atoms with Gasteiger partial charge in [-0.2, -0.15) is 0 Å². The first-order valence-electron chi connectivity index (χ1n) is 8.92. The van der Waals surface area contributed by atoms with Crippen LogP contribution in [0.4, 0.5) is 0 Å². The summed E-state index contributed by atoms with van der Waals surface area (Å²) in [7, 11) is 0. The third-order valence-corrected chi connectivity index (χ3v) is 4.71. The summed E-state index contributed by atoms with van der Waals surface area (Å²) in [5, 5.41) is 10.8. The highest BCUT2D eigenvalue weighted by Crippen LogP contribution is 2.36. The molecule has 0 fully saturated rings. The lowest BCUT2D eigenvalue weighted by atomic mass is 9.92. The van der Waals surface area contributed by atoms with Crippen molar-refractivity contribution in [2.45, 2.75) is 19.3 Å². The van der Waals surface area contributed by atoms with Gasteiger partial charge in [0.15, 0.2) is 17.3 Å². The number of aryl methyl sites for hydroxylation is 1. The Morgan fingerprint density at radius 2 is 1.86 bits per heavy atom. The lowest BCUT2D eigenvalue weighted by Crippen LogP contribution is -2.23. The molecule has 0 saturated heterocycles. The highest BCUT2D eigenvalue weighted by atomic mass is 16.6. The van der Waals surface area contributed by atoms with Gasteiger partial charge in [0.05, 0.1) is 11.4 Å². The molecule has 0 spiro atoms. The van der Waals surface area contributed by atoms with Gasteiger partial charge < -0.3 is 29.7 Å². The van der Waals surface area contributed by atoms with Crippen molar-refractivity contribution in [3.8, 4) is 17.2 Å². The summed E-state index contributed by atoms with van der Waals surface area (Å²) in [5.74, 6) is -1.34. The fourth-order valence-electron chi connectivity index (χ4n) is 3.43. The summed E-state index contributed by atoms with van der Waals surface area (Å²) >= 11 is 0. The average Bonchev–Trinajstić information content (AvgIpc) is 2.67. The summed E-state index contributed by atoms with van der Waals surface area (Å²) in [5.41, 5.74) is 4.81. The lowest BCUT2D eigenvalue weighted by Gasteiger charge is -2.20. The molecule has 1 amide bonds. The zero-order valence-electron chi connectivity index (χ0n) is 15.5. The third kappa shape index (κ3) is 3.42. The predicted molar refractivity (Wildman–Crippen MR) is 103 cm³/mol. The Morgan fingerprint density at radius 1 is 1.17 bits per heavy atom. The number of fused-ring (bicyclic) bond motifs is 2. The van der Waals surface area contributed by atoms with Gasteiger partial charge in [0.2, 0.25) is 17.1 Å². The second-order valence-electron chi connectivity index (χ2n) is 6.79. The van der Waals surface area contributed by atoms with E-state index < -0.39 is 28.6 Å². The molecule has 0 unspecified atom stereocenters. The van der Waals surface area contributed by atoms with Crippen LogP contribution in [0.1, 0.15) is 29.4 Å². The fraction of sp³-hybridized carbons (Fsp3) is 0.250. The van der Waals surface area contributed by atoms with Crippen molar-refractivity contribution in [2.24, 2.45) is 5.73 Å². The van der Waals surface area contributed by atoms with Crippen molar-refractivity contribution in [1.29, 1.82) is 0 Å². The molecule has 4 rings (SSSR count). The van der Waals surface area contributed by atoms with Gasteiger partial charge in [0.25, 0.3) is 5.56 Å². The first kappa shape index (κ1) is 18.6. The van der Waals surface area contributed by atoms with Crippen LogP contribution in [0, 0.1) is 6.92 Å². The van der Waals surface area contributed by atoms with Gasteiger partial charge in [-0.15, -0.1) is 0 Å².